The van der Waals surface area contributed by atoms with Gasteiger partial charge in [-0.1, -0.05) is 6.08 Å². The third kappa shape index (κ3) is 2.32. The summed E-state index contributed by atoms with van der Waals surface area (Å²) in [4.78, 5) is 11.0. The smallest absolute Gasteiger partial charge is 0.480 e. The van der Waals surface area contributed by atoms with Gasteiger partial charge >= 0.3 is 13.1 Å². The average molecular weight is 253 g/mol. The van der Waals surface area contributed by atoms with Gasteiger partial charge in [-0.15, -0.1) is 0 Å². The third-order valence-electron chi connectivity index (χ3n) is 4.02. The maximum atomic E-state index is 11.0. The van der Waals surface area contributed by atoms with Gasteiger partial charge in [-0.3, -0.25) is 4.79 Å². The second kappa shape index (κ2) is 4.37. The Kier molecular flexibility index (Phi) is 3.29. The third-order valence-corrected chi connectivity index (χ3v) is 4.02. The summed E-state index contributed by atoms with van der Waals surface area (Å²) in [6.07, 6.45) is 2.38. The second-order valence-electron chi connectivity index (χ2n) is 5.87. The van der Waals surface area contributed by atoms with Gasteiger partial charge in [0.05, 0.1) is 11.2 Å². The second-order valence-corrected chi connectivity index (χ2v) is 5.87. The highest BCUT2D eigenvalue weighted by Crippen LogP contribution is 2.39. The Bertz CT molecular complexity index is 376. The molecule has 0 radical (unpaired) electrons. The summed E-state index contributed by atoms with van der Waals surface area (Å²) in [5.74, 6) is -0.836. The van der Waals surface area contributed by atoms with E-state index in [0.29, 0.717) is 13.0 Å². The minimum absolute atomic E-state index is 0.387. The summed E-state index contributed by atoms with van der Waals surface area (Å²) in [7, 11) is -0.432. The molecule has 100 valence electrons. The molecule has 1 unspecified atom stereocenters. The molecule has 0 aromatic heterocycles. The van der Waals surface area contributed by atoms with Crippen molar-refractivity contribution in [3.63, 3.8) is 0 Å². The van der Waals surface area contributed by atoms with Crippen LogP contribution in [0.5, 0.6) is 0 Å². The van der Waals surface area contributed by atoms with Crippen molar-refractivity contribution in [2.24, 2.45) is 0 Å². The van der Waals surface area contributed by atoms with Crippen molar-refractivity contribution >= 4 is 13.1 Å². The maximum Gasteiger partial charge on any atom is 0.490 e. The summed E-state index contributed by atoms with van der Waals surface area (Å²) >= 11 is 0. The Balaban J connectivity index is 2.11. The van der Waals surface area contributed by atoms with Gasteiger partial charge in [-0.2, -0.15) is 0 Å². The summed E-state index contributed by atoms with van der Waals surface area (Å²) in [5, 5.41) is 12.0. The normalized spacial score (nSPS) is 30.1. The first kappa shape index (κ1) is 13.6. The molecule has 5 nitrogen and oxygen atoms in total. The molecular formula is C12H20BNO4. The molecule has 18 heavy (non-hydrogen) atoms. The van der Waals surface area contributed by atoms with Gasteiger partial charge in [0.1, 0.15) is 6.04 Å². The quantitative estimate of drug-likeness (QED) is 0.718. The molecule has 2 aliphatic rings. The predicted octanol–water partition coefficient (Wildman–Crippen LogP) is 0.991. The predicted molar refractivity (Wildman–Crippen MR) is 68.2 cm³/mol. The van der Waals surface area contributed by atoms with Gasteiger partial charge in [0.2, 0.25) is 0 Å². The van der Waals surface area contributed by atoms with Crippen molar-refractivity contribution < 1.29 is 19.2 Å². The first-order chi connectivity index (χ1) is 8.23. The number of carboxylic acid groups (broad SMARTS) is 1. The van der Waals surface area contributed by atoms with Gasteiger partial charge < -0.3 is 19.7 Å². The van der Waals surface area contributed by atoms with Gasteiger partial charge in [-0.25, -0.2) is 0 Å². The van der Waals surface area contributed by atoms with Crippen LogP contribution in [-0.4, -0.2) is 42.0 Å². The Hall–Kier alpha value is -0.845. The SMILES string of the molecule is CC1(C)OB(C2=CCNC(C(=O)O)C2)OC1(C)C. The molecule has 0 spiro atoms. The molecule has 1 fully saturated rings. The Morgan fingerprint density at radius 3 is 2.44 bits per heavy atom. The molecule has 2 heterocycles. The van der Waals surface area contributed by atoms with E-state index >= 15 is 0 Å². The van der Waals surface area contributed by atoms with E-state index in [2.05, 4.69) is 5.32 Å². The van der Waals surface area contributed by atoms with E-state index in [9.17, 15) is 4.79 Å². The van der Waals surface area contributed by atoms with E-state index in [-0.39, 0.29) is 11.2 Å². The largest absolute Gasteiger partial charge is 0.490 e. The van der Waals surface area contributed by atoms with Crippen LogP contribution < -0.4 is 5.32 Å². The number of nitrogens with one attached hydrogen (secondary N) is 1. The van der Waals surface area contributed by atoms with Gasteiger partial charge in [0.15, 0.2) is 0 Å². The van der Waals surface area contributed by atoms with E-state index in [1.165, 1.54) is 0 Å². The molecule has 6 heteroatoms. The van der Waals surface area contributed by atoms with Crippen LogP contribution in [0.15, 0.2) is 11.5 Å². The lowest BCUT2D eigenvalue weighted by Gasteiger charge is -2.32. The lowest BCUT2D eigenvalue weighted by molar-refractivity contribution is -0.139. The summed E-state index contributed by atoms with van der Waals surface area (Å²) in [6.45, 7) is 8.50. The molecule has 2 aliphatic heterocycles. The summed E-state index contributed by atoms with van der Waals surface area (Å²) in [6, 6.07) is -0.552. The zero-order chi connectivity index (χ0) is 13.6. The average Bonchev–Trinajstić information content (AvgIpc) is 2.48. The highest BCUT2D eigenvalue weighted by atomic mass is 16.7. The van der Waals surface area contributed by atoms with Gasteiger partial charge in [-0.05, 0) is 39.6 Å². The van der Waals surface area contributed by atoms with E-state index in [4.69, 9.17) is 14.4 Å². The molecule has 1 saturated heterocycles. The number of hydrogen-bond donors (Lipinski definition) is 2. The minimum Gasteiger partial charge on any atom is -0.480 e. The van der Waals surface area contributed by atoms with E-state index in [0.717, 1.165) is 5.47 Å². The first-order valence-electron chi connectivity index (χ1n) is 6.24. The monoisotopic (exact) mass is 253 g/mol. The number of aliphatic carboxylic acids is 1. The summed E-state index contributed by atoms with van der Waals surface area (Å²) < 4.78 is 11.8. The van der Waals surface area contributed by atoms with E-state index < -0.39 is 19.1 Å². The minimum atomic E-state index is -0.836. The number of rotatable bonds is 2. The van der Waals surface area contributed by atoms with Crippen molar-refractivity contribution in [2.75, 3.05) is 6.54 Å². The van der Waals surface area contributed by atoms with E-state index in [1.807, 2.05) is 33.8 Å². The number of carboxylic acids is 1. The number of carbonyl (C=O) groups is 1. The lowest BCUT2D eigenvalue weighted by atomic mass is 9.73. The fraction of sp³-hybridized carbons (Fsp3) is 0.750. The van der Waals surface area contributed by atoms with Crippen LogP contribution in [0.25, 0.3) is 0 Å². The molecule has 0 bridgehead atoms. The zero-order valence-electron chi connectivity index (χ0n) is 11.3. The van der Waals surface area contributed by atoms with Crippen LogP contribution in [0.4, 0.5) is 0 Å². The topological polar surface area (TPSA) is 67.8 Å². The number of hydrogen-bond acceptors (Lipinski definition) is 4. The first-order valence-corrected chi connectivity index (χ1v) is 6.24. The molecule has 0 amide bonds. The highest BCUT2D eigenvalue weighted by molar-refractivity contribution is 6.54. The molecule has 0 aromatic rings. The van der Waals surface area contributed by atoms with Crippen molar-refractivity contribution in [1.29, 1.82) is 0 Å². The van der Waals surface area contributed by atoms with E-state index in [1.54, 1.807) is 0 Å². The van der Waals surface area contributed by atoms with Crippen LogP contribution in [0.1, 0.15) is 34.1 Å². The molecule has 0 aliphatic carbocycles. The van der Waals surface area contributed by atoms with Crippen LogP contribution in [-0.2, 0) is 14.1 Å². The summed E-state index contributed by atoms with van der Waals surface area (Å²) in [5.41, 5.74) is 0.143. The molecule has 2 N–H and O–H groups in total. The van der Waals surface area contributed by atoms with Crippen LogP contribution in [0.2, 0.25) is 0 Å². The molecule has 1 atom stereocenters. The Morgan fingerprint density at radius 2 is 1.94 bits per heavy atom. The van der Waals surface area contributed by atoms with Crippen molar-refractivity contribution in [3.8, 4) is 0 Å². The van der Waals surface area contributed by atoms with Crippen molar-refractivity contribution in [1.82, 2.24) is 5.32 Å². The van der Waals surface area contributed by atoms with Gasteiger partial charge in [0.25, 0.3) is 0 Å². The fourth-order valence-corrected chi connectivity index (χ4v) is 2.08. The van der Waals surface area contributed by atoms with Crippen LogP contribution in [0, 0.1) is 0 Å². The molecule has 2 rings (SSSR count). The van der Waals surface area contributed by atoms with Crippen molar-refractivity contribution in [3.05, 3.63) is 11.5 Å². The zero-order valence-corrected chi connectivity index (χ0v) is 11.3. The highest BCUT2D eigenvalue weighted by Gasteiger charge is 2.52. The molecule has 0 saturated carbocycles. The fourth-order valence-electron chi connectivity index (χ4n) is 2.08. The molecule has 0 aromatic carbocycles. The Labute approximate surface area is 108 Å². The maximum absolute atomic E-state index is 11.0. The Morgan fingerprint density at radius 1 is 1.39 bits per heavy atom. The van der Waals surface area contributed by atoms with Crippen LogP contribution in [0.3, 0.4) is 0 Å². The van der Waals surface area contributed by atoms with Gasteiger partial charge in [0, 0.05) is 6.54 Å². The lowest BCUT2D eigenvalue weighted by Crippen LogP contribution is -2.42. The standard InChI is InChI=1S/C12H20BNO4/c1-11(2)12(3,4)18-13(17-11)8-5-6-14-9(7-8)10(15)16/h5,9,14H,6-7H2,1-4H3,(H,15,16). The van der Waals surface area contributed by atoms with Crippen molar-refractivity contribution in [2.45, 2.75) is 51.4 Å². The van der Waals surface area contributed by atoms with Crippen LogP contribution >= 0.6 is 0 Å². The molecular weight excluding hydrogens is 233 g/mol.